The fourth-order valence-corrected chi connectivity index (χ4v) is 4.06. The first kappa shape index (κ1) is 12.5. The Labute approximate surface area is 128 Å². The van der Waals surface area contributed by atoms with E-state index in [-0.39, 0.29) is 0 Å². The largest absolute Gasteiger partial charge is 0.341 e. The van der Waals surface area contributed by atoms with Crippen LogP contribution in [-0.2, 0) is 6.42 Å². The van der Waals surface area contributed by atoms with Gasteiger partial charge in [-0.25, -0.2) is 0 Å². The van der Waals surface area contributed by atoms with Crippen molar-refractivity contribution in [2.24, 2.45) is 0 Å². The molecule has 1 unspecified atom stereocenters. The van der Waals surface area contributed by atoms with E-state index < -0.39 is 0 Å². The first-order valence-corrected chi connectivity index (χ1v) is 8.27. The lowest BCUT2D eigenvalue weighted by atomic mass is 9.99. The minimum Gasteiger partial charge on any atom is -0.341 e. The zero-order valence-electron chi connectivity index (χ0n) is 11.5. The summed E-state index contributed by atoms with van der Waals surface area (Å²) in [6, 6.07) is 9.51. The highest BCUT2D eigenvalue weighted by Crippen LogP contribution is 2.38. The minimum absolute atomic E-state index is 0.622. The van der Waals surface area contributed by atoms with Crippen LogP contribution in [0.25, 0.3) is 17.0 Å². The summed E-state index contributed by atoms with van der Waals surface area (Å²) in [6.07, 6.45) is 12.9. The second-order valence-electron chi connectivity index (χ2n) is 5.77. The van der Waals surface area contributed by atoms with Crippen molar-refractivity contribution in [2.75, 3.05) is 0 Å². The van der Waals surface area contributed by atoms with E-state index in [4.69, 9.17) is 0 Å². The molecule has 2 aromatic rings. The summed E-state index contributed by atoms with van der Waals surface area (Å²) in [6.45, 7) is 0. The predicted octanol–water partition coefficient (Wildman–Crippen LogP) is 5.60. The van der Waals surface area contributed by atoms with E-state index in [0.29, 0.717) is 6.04 Å². The van der Waals surface area contributed by atoms with Crippen molar-refractivity contribution in [2.45, 2.75) is 38.1 Å². The van der Waals surface area contributed by atoms with Crippen molar-refractivity contribution in [3.63, 3.8) is 0 Å². The van der Waals surface area contributed by atoms with E-state index in [1.165, 1.54) is 46.6 Å². The zero-order valence-corrected chi connectivity index (χ0v) is 13.1. The van der Waals surface area contributed by atoms with Gasteiger partial charge < -0.3 is 4.57 Å². The average Bonchev–Trinajstić information content (AvgIpc) is 2.83. The van der Waals surface area contributed by atoms with Crippen LogP contribution >= 0.6 is 15.9 Å². The van der Waals surface area contributed by atoms with Gasteiger partial charge in [-0.2, -0.15) is 0 Å². The SMILES string of the molecule is BrC1=CCC(n2c3c(c4ccccc42)C=CCC3)CC1. The number of nitrogens with zero attached hydrogens (tertiary/aromatic N) is 1. The monoisotopic (exact) mass is 327 g/mol. The number of aromatic nitrogens is 1. The van der Waals surface area contributed by atoms with Crippen LogP contribution in [0.4, 0.5) is 0 Å². The molecule has 0 spiro atoms. The van der Waals surface area contributed by atoms with Gasteiger partial charge in [0.15, 0.2) is 0 Å². The summed E-state index contributed by atoms with van der Waals surface area (Å²) in [5, 5.41) is 1.42. The maximum atomic E-state index is 3.64. The molecule has 0 aliphatic heterocycles. The molecule has 102 valence electrons. The second kappa shape index (κ2) is 4.92. The van der Waals surface area contributed by atoms with E-state index in [2.05, 4.69) is 63.0 Å². The molecule has 0 saturated heterocycles. The molecule has 0 saturated carbocycles. The Hall–Kier alpha value is -1.28. The molecule has 0 fully saturated rings. The Balaban J connectivity index is 1.92. The van der Waals surface area contributed by atoms with Gasteiger partial charge in [0.1, 0.15) is 0 Å². The summed E-state index contributed by atoms with van der Waals surface area (Å²) >= 11 is 3.64. The molecule has 0 amide bonds. The number of benzene rings is 1. The molecule has 4 rings (SSSR count). The molecule has 0 bridgehead atoms. The minimum atomic E-state index is 0.622. The van der Waals surface area contributed by atoms with Gasteiger partial charge >= 0.3 is 0 Å². The lowest BCUT2D eigenvalue weighted by molar-refractivity contribution is 0.458. The third-order valence-corrected chi connectivity index (χ3v) is 5.30. The van der Waals surface area contributed by atoms with Crippen LogP contribution in [0.1, 0.15) is 43.0 Å². The first-order valence-electron chi connectivity index (χ1n) is 7.47. The summed E-state index contributed by atoms with van der Waals surface area (Å²) in [5.74, 6) is 0. The Bertz CT molecular complexity index is 720. The number of fused-ring (bicyclic) bond motifs is 3. The average molecular weight is 328 g/mol. The van der Waals surface area contributed by atoms with Gasteiger partial charge in [-0.15, -0.1) is 0 Å². The fourth-order valence-electron chi connectivity index (χ4n) is 3.64. The van der Waals surface area contributed by atoms with Crippen molar-refractivity contribution in [3.05, 3.63) is 52.2 Å². The van der Waals surface area contributed by atoms with Gasteiger partial charge in [0.2, 0.25) is 0 Å². The van der Waals surface area contributed by atoms with Gasteiger partial charge in [-0.1, -0.05) is 52.4 Å². The molecular weight excluding hydrogens is 310 g/mol. The summed E-state index contributed by atoms with van der Waals surface area (Å²) in [7, 11) is 0. The summed E-state index contributed by atoms with van der Waals surface area (Å²) < 4.78 is 4.00. The summed E-state index contributed by atoms with van der Waals surface area (Å²) in [5.41, 5.74) is 4.42. The van der Waals surface area contributed by atoms with Crippen LogP contribution in [-0.4, -0.2) is 4.57 Å². The van der Waals surface area contributed by atoms with Gasteiger partial charge in [0.25, 0.3) is 0 Å². The number of hydrogen-bond acceptors (Lipinski definition) is 0. The maximum Gasteiger partial charge on any atom is 0.0491 e. The Morgan fingerprint density at radius 3 is 2.90 bits per heavy atom. The zero-order chi connectivity index (χ0) is 13.5. The van der Waals surface area contributed by atoms with Crippen LogP contribution in [0.3, 0.4) is 0 Å². The van der Waals surface area contributed by atoms with Crippen molar-refractivity contribution < 1.29 is 0 Å². The number of para-hydroxylation sites is 1. The Morgan fingerprint density at radius 2 is 2.05 bits per heavy atom. The van der Waals surface area contributed by atoms with Crippen molar-refractivity contribution >= 4 is 32.9 Å². The molecule has 1 atom stereocenters. The normalized spacial score (nSPS) is 21.9. The van der Waals surface area contributed by atoms with Crippen LogP contribution < -0.4 is 0 Å². The second-order valence-corrected chi connectivity index (χ2v) is 6.79. The first-order chi connectivity index (χ1) is 9.84. The molecule has 1 aromatic heterocycles. The van der Waals surface area contributed by atoms with Gasteiger partial charge in [0.05, 0.1) is 0 Å². The van der Waals surface area contributed by atoms with E-state index in [9.17, 15) is 0 Å². The molecule has 0 radical (unpaired) electrons. The topological polar surface area (TPSA) is 4.93 Å². The van der Waals surface area contributed by atoms with E-state index >= 15 is 0 Å². The molecule has 20 heavy (non-hydrogen) atoms. The van der Waals surface area contributed by atoms with Crippen LogP contribution in [0.5, 0.6) is 0 Å². The fraction of sp³-hybridized carbons (Fsp3) is 0.333. The Kier molecular flexibility index (Phi) is 3.07. The third kappa shape index (κ3) is 1.89. The molecule has 1 nitrogen and oxygen atoms in total. The summed E-state index contributed by atoms with van der Waals surface area (Å²) in [4.78, 5) is 0. The third-order valence-electron chi connectivity index (χ3n) is 4.58. The number of halogens is 1. The van der Waals surface area contributed by atoms with E-state index in [1.807, 2.05) is 0 Å². The molecule has 1 heterocycles. The highest BCUT2D eigenvalue weighted by atomic mass is 79.9. The standard InChI is InChI=1S/C18H18BrN/c19-13-9-11-14(12-10-13)20-17-7-3-1-5-15(17)16-6-2-4-8-18(16)20/h1-3,5-7,9,14H,4,8,10-12H2. The number of hydrogen-bond donors (Lipinski definition) is 0. The highest BCUT2D eigenvalue weighted by molar-refractivity contribution is 9.11. The molecule has 2 aliphatic rings. The molecule has 0 N–H and O–H groups in total. The lowest BCUT2D eigenvalue weighted by Crippen LogP contribution is -2.14. The van der Waals surface area contributed by atoms with Gasteiger partial charge in [0, 0.05) is 28.2 Å². The maximum absolute atomic E-state index is 3.64. The van der Waals surface area contributed by atoms with Gasteiger partial charge in [-0.3, -0.25) is 0 Å². The van der Waals surface area contributed by atoms with Crippen LogP contribution in [0, 0.1) is 0 Å². The van der Waals surface area contributed by atoms with Crippen LogP contribution in [0.2, 0.25) is 0 Å². The van der Waals surface area contributed by atoms with Crippen molar-refractivity contribution in [1.82, 2.24) is 4.57 Å². The van der Waals surface area contributed by atoms with E-state index in [0.717, 1.165) is 6.42 Å². The predicted molar refractivity (Wildman–Crippen MR) is 89.2 cm³/mol. The quantitative estimate of drug-likeness (QED) is 0.642. The molecule has 1 aromatic carbocycles. The van der Waals surface area contributed by atoms with Crippen molar-refractivity contribution in [3.8, 4) is 0 Å². The van der Waals surface area contributed by atoms with Crippen molar-refractivity contribution in [1.29, 1.82) is 0 Å². The molecule has 2 aliphatic carbocycles. The lowest BCUT2D eigenvalue weighted by Gasteiger charge is -2.25. The van der Waals surface area contributed by atoms with Crippen LogP contribution in [0.15, 0.2) is 40.9 Å². The van der Waals surface area contributed by atoms with Gasteiger partial charge in [-0.05, 0) is 42.7 Å². The van der Waals surface area contributed by atoms with E-state index in [1.54, 1.807) is 5.69 Å². The number of rotatable bonds is 1. The molecular formula is C18H18BrN. The molecule has 2 heteroatoms. The Morgan fingerprint density at radius 1 is 1.15 bits per heavy atom. The number of allylic oxidation sites excluding steroid dienone is 3. The smallest absolute Gasteiger partial charge is 0.0491 e. The highest BCUT2D eigenvalue weighted by Gasteiger charge is 2.23.